The number of hydrogen-bond acceptors (Lipinski definition) is 3. The van der Waals surface area contributed by atoms with Crippen LogP contribution >= 0.6 is 23.4 Å². The molecule has 1 saturated carbocycles. The van der Waals surface area contributed by atoms with Gasteiger partial charge in [0.1, 0.15) is 0 Å². The number of imidazole rings is 1. The number of thioether (sulfide) groups is 1. The number of carboxylic acid groups (broad SMARTS) is 1. The van der Waals surface area contributed by atoms with Crippen LogP contribution in [0.15, 0.2) is 23.4 Å². The zero-order valence-corrected chi connectivity index (χ0v) is 13.4. The van der Waals surface area contributed by atoms with E-state index in [2.05, 4.69) is 16.5 Å². The van der Waals surface area contributed by atoms with Gasteiger partial charge in [-0.25, -0.2) is 4.98 Å². The molecule has 4 nitrogen and oxygen atoms in total. The maximum atomic E-state index is 10.8. The highest BCUT2D eigenvalue weighted by molar-refractivity contribution is 7.99. The molecule has 1 heterocycles. The molecule has 0 spiro atoms. The predicted octanol–water partition coefficient (Wildman–Crippen LogP) is 4.06. The number of fused-ring (bicyclic) bond motifs is 1. The molecular weight excluding hydrogens is 308 g/mol. The van der Waals surface area contributed by atoms with E-state index < -0.39 is 5.97 Å². The van der Waals surface area contributed by atoms with Crippen LogP contribution in [-0.4, -0.2) is 26.4 Å². The molecule has 21 heavy (non-hydrogen) atoms. The normalized spacial score (nSPS) is 16.3. The lowest BCUT2D eigenvalue weighted by Crippen LogP contribution is -2.12. The maximum Gasteiger partial charge on any atom is 0.313 e. The Balaban J connectivity index is 2.00. The van der Waals surface area contributed by atoms with Crippen molar-refractivity contribution in [1.29, 1.82) is 0 Å². The third-order valence-corrected chi connectivity index (χ3v) is 5.40. The highest BCUT2D eigenvalue weighted by Crippen LogP contribution is 2.50. The van der Waals surface area contributed by atoms with Crippen molar-refractivity contribution in [3.8, 4) is 0 Å². The van der Waals surface area contributed by atoms with Crippen LogP contribution in [0.1, 0.15) is 26.2 Å². The average Bonchev–Trinajstić information content (AvgIpc) is 3.14. The number of aromatic nitrogens is 2. The van der Waals surface area contributed by atoms with Crippen LogP contribution in [0.3, 0.4) is 0 Å². The van der Waals surface area contributed by atoms with Crippen molar-refractivity contribution in [3.63, 3.8) is 0 Å². The highest BCUT2D eigenvalue weighted by Gasteiger charge is 2.41. The van der Waals surface area contributed by atoms with E-state index in [0.29, 0.717) is 10.4 Å². The van der Waals surface area contributed by atoms with E-state index in [9.17, 15) is 4.79 Å². The Morgan fingerprint density at radius 1 is 1.52 bits per heavy atom. The molecule has 0 unspecified atom stereocenters. The minimum Gasteiger partial charge on any atom is -0.481 e. The van der Waals surface area contributed by atoms with Gasteiger partial charge < -0.3 is 9.67 Å². The number of aliphatic carboxylic acids is 1. The number of hydrogen-bond donors (Lipinski definition) is 1. The number of nitrogens with zero attached hydrogens (tertiary/aromatic N) is 2. The predicted molar refractivity (Wildman–Crippen MR) is 85.1 cm³/mol. The molecule has 2 aromatic rings. The summed E-state index contributed by atoms with van der Waals surface area (Å²) in [7, 11) is 0. The molecule has 0 bridgehead atoms. The summed E-state index contributed by atoms with van der Waals surface area (Å²) in [6.07, 6.45) is 3.61. The quantitative estimate of drug-likeness (QED) is 0.814. The molecule has 6 heteroatoms. The molecule has 0 radical (unpaired) electrons. The highest BCUT2D eigenvalue weighted by atomic mass is 35.5. The Morgan fingerprint density at radius 3 is 2.90 bits per heavy atom. The van der Waals surface area contributed by atoms with E-state index >= 15 is 0 Å². The van der Waals surface area contributed by atoms with Crippen molar-refractivity contribution >= 4 is 40.4 Å². The van der Waals surface area contributed by atoms with Crippen LogP contribution in [0.4, 0.5) is 0 Å². The molecule has 1 N–H and O–H groups in total. The Hall–Kier alpha value is -1.20. The summed E-state index contributed by atoms with van der Waals surface area (Å²) >= 11 is 7.31. The van der Waals surface area contributed by atoms with Crippen molar-refractivity contribution < 1.29 is 9.90 Å². The van der Waals surface area contributed by atoms with Gasteiger partial charge in [0.25, 0.3) is 0 Å². The van der Waals surface area contributed by atoms with Gasteiger partial charge in [-0.3, -0.25) is 4.79 Å². The summed E-state index contributed by atoms with van der Waals surface area (Å²) in [5.41, 5.74) is 2.24. The monoisotopic (exact) mass is 324 g/mol. The van der Waals surface area contributed by atoms with Gasteiger partial charge in [0.15, 0.2) is 5.16 Å². The summed E-state index contributed by atoms with van der Waals surface area (Å²) in [4.78, 5) is 15.4. The first-order valence-corrected chi connectivity index (χ1v) is 8.40. The van der Waals surface area contributed by atoms with Crippen molar-refractivity contribution in [2.45, 2.75) is 37.9 Å². The van der Waals surface area contributed by atoms with Crippen molar-refractivity contribution in [2.75, 3.05) is 5.75 Å². The van der Waals surface area contributed by atoms with E-state index in [1.165, 1.54) is 24.6 Å². The summed E-state index contributed by atoms with van der Waals surface area (Å²) in [6.45, 7) is 3.12. The fourth-order valence-corrected chi connectivity index (χ4v) is 3.51. The molecular formula is C15H17ClN2O2S. The molecule has 1 fully saturated rings. The SMILES string of the molecule is CCC1(Cn2c(SCC(=O)O)nc3cc(Cl)ccc32)CC1. The Labute approximate surface area is 132 Å². The van der Waals surface area contributed by atoms with Crippen LogP contribution in [0.5, 0.6) is 0 Å². The fourth-order valence-electron chi connectivity index (χ4n) is 2.61. The van der Waals surface area contributed by atoms with E-state index in [4.69, 9.17) is 16.7 Å². The zero-order chi connectivity index (χ0) is 15.0. The van der Waals surface area contributed by atoms with Gasteiger partial charge in [-0.1, -0.05) is 30.3 Å². The van der Waals surface area contributed by atoms with Gasteiger partial charge in [0.2, 0.25) is 0 Å². The molecule has 112 valence electrons. The van der Waals surface area contributed by atoms with Crippen LogP contribution in [0.25, 0.3) is 11.0 Å². The Kier molecular flexibility index (Phi) is 3.88. The zero-order valence-electron chi connectivity index (χ0n) is 11.8. The van der Waals surface area contributed by atoms with Crippen molar-refractivity contribution in [3.05, 3.63) is 23.2 Å². The molecule has 1 aliphatic rings. The van der Waals surface area contributed by atoms with E-state index in [-0.39, 0.29) is 5.75 Å². The molecule has 0 atom stereocenters. The third kappa shape index (κ3) is 3.04. The lowest BCUT2D eigenvalue weighted by atomic mass is 10.0. The van der Waals surface area contributed by atoms with Gasteiger partial charge >= 0.3 is 5.97 Å². The van der Waals surface area contributed by atoms with Gasteiger partial charge in [-0.2, -0.15) is 0 Å². The number of halogens is 1. The fraction of sp³-hybridized carbons (Fsp3) is 0.467. The first-order valence-electron chi connectivity index (χ1n) is 7.03. The second-order valence-corrected chi connectivity index (χ2v) is 7.03. The topological polar surface area (TPSA) is 55.1 Å². The molecule has 0 amide bonds. The lowest BCUT2D eigenvalue weighted by molar-refractivity contribution is -0.133. The molecule has 0 aliphatic heterocycles. The van der Waals surface area contributed by atoms with Crippen LogP contribution < -0.4 is 0 Å². The molecule has 3 rings (SSSR count). The van der Waals surface area contributed by atoms with Crippen LogP contribution in [0.2, 0.25) is 5.02 Å². The summed E-state index contributed by atoms with van der Waals surface area (Å²) in [6, 6.07) is 5.67. The smallest absolute Gasteiger partial charge is 0.313 e. The van der Waals surface area contributed by atoms with E-state index in [1.54, 1.807) is 0 Å². The van der Waals surface area contributed by atoms with E-state index in [0.717, 1.165) is 29.2 Å². The number of benzene rings is 1. The molecule has 1 aliphatic carbocycles. The number of carboxylic acids is 1. The van der Waals surface area contributed by atoms with Crippen LogP contribution in [0, 0.1) is 5.41 Å². The second-order valence-electron chi connectivity index (χ2n) is 5.65. The summed E-state index contributed by atoms with van der Waals surface area (Å²) < 4.78 is 2.16. The van der Waals surface area contributed by atoms with Gasteiger partial charge in [-0.05, 0) is 42.9 Å². The van der Waals surface area contributed by atoms with Crippen molar-refractivity contribution in [2.24, 2.45) is 5.41 Å². The molecule has 0 saturated heterocycles. The summed E-state index contributed by atoms with van der Waals surface area (Å²) in [5, 5.41) is 10.3. The summed E-state index contributed by atoms with van der Waals surface area (Å²) in [5.74, 6) is -0.802. The van der Waals surface area contributed by atoms with Gasteiger partial charge in [0, 0.05) is 11.6 Å². The maximum absolute atomic E-state index is 10.8. The standard InChI is InChI=1S/C15H17ClN2O2S/c1-2-15(5-6-15)9-18-12-4-3-10(16)7-11(12)17-14(18)21-8-13(19)20/h3-4,7H,2,5-6,8-9H2,1H3,(H,19,20). The van der Waals surface area contributed by atoms with Crippen molar-refractivity contribution in [1.82, 2.24) is 9.55 Å². The molecule has 1 aromatic heterocycles. The largest absolute Gasteiger partial charge is 0.481 e. The molecule has 1 aromatic carbocycles. The second kappa shape index (κ2) is 5.54. The Bertz CT molecular complexity index is 694. The Morgan fingerprint density at radius 2 is 2.29 bits per heavy atom. The minimum atomic E-state index is -0.826. The third-order valence-electron chi connectivity index (χ3n) is 4.20. The first-order chi connectivity index (χ1) is 10.0. The van der Waals surface area contributed by atoms with Gasteiger partial charge in [0.05, 0.1) is 16.8 Å². The lowest BCUT2D eigenvalue weighted by Gasteiger charge is -2.16. The van der Waals surface area contributed by atoms with Crippen LogP contribution in [-0.2, 0) is 11.3 Å². The minimum absolute atomic E-state index is 0.0240. The number of rotatable bonds is 6. The first kappa shape index (κ1) is 14.7. The average molecular weight is 325 g/mol. The van der Waals surface area contributed by atoms with E-state index in [1.807, 2.05) is 18.2 Å². The van der Waals surface area contributed by atoms with Gasteiger partial charge in [-0.15, -0.1) is 0 Å². The number of carbonyl (C=O) groups is 1.